The second-order valence-electron chi connectivity index (χ2n) is 4.80. The number of rotatable bonds is 2. The van der Waals surface area contributed by atoms with Crippen LogP contribution in [0.5, 0.6) is 0 Å². The molecule has 0 aliphatic rings. The van der Waals surface area contributed by atoms with Crippen LogP contribution >= 0.6 is 11.6 Å². The fraction of sp³-hybridized carbons (Fsp3) is 0.118. The summed E-state index contributed by atoms with van der Waals surface area (Å²) in [6, 6.07) is 14.9. The second-order valence-corrected chi connectivity index (χ2v) is 5.06. The van der Waals surface area contributed by atoms with E-state index < -0.39 is 0 Å². The van der Waals surface area contributed by atoms with E-state index in [0.717, 1.165) is 27.8 Å². The van der Waals surface area contributed by atoms with Crippen LogP contribution in [0.3, 0.4) is 0 Å². The number of hydrogen-bond acceptors (Lipinski definition) is 1. The molecule has 0 amide bonds. The highest BCUT2D eigenvalue weighted by molar-refractivity contribution is 6.17. The first kappa shape index (κ1) is 13.1. The summed E-state index contributed by atoms with van der Waals surface area (Å²) in [7, 11) is 0. The molecule has 0 aliphatic carbocycles. The summed E-state index contributed by atoms with van der Waals surface area (Å²) < 4.78 is 13.9. The quantitative estimate of drug-likeness (QED) is 0.598. The van der Waals surface area contributed by atoms with Crippen molar-refractivity contribution in [3.8, 4) is 11.3 Å². The van der Waals surface area contributed by atoms with Gasteiger partial charge in [-0.3, -0.25) is 0 Å². The van der Waals surface area contributed by atoms with Crippen molar-refractivity contribution in [3.05, 3.63) is 65.5 Å². The predicted octanol–water partition coefficient (Wildman–Crippen LogP) is 5.09. The van der Waals surface area contributed by atoms with Crippen LogP contribution in [0, 0.1) is 12.7 Å². The molecule has 0 bridgehead atoms. The van der Waals surface area contributed by atoms with Gasteiger partial charge < -0.3 is 0 Å². The first-order valence-electron chi connectivity index (χ1n) is 6.40. The molecule has 0 saturated carbocycles. The maximum atomic E-state index is 13.9. The smallest absolute Gasteiger partial charge is 0.149 e. The van der Waals surface area contributed by atoms with E-state index in [1.54, 1.807) is 6.07 Å². The average molecular weight is 286 g/mol. The molecule has 0 aliphatic heterocycles. The predicted molar refractivity (Wildman–Crippen MR) is 81.4 cm³/mol. The molecule has 0 spiro atoms. The van der Waals surface area contributed by atoms with Crippen molar-refractivity contribution >= 4 is 22.5 Å². The lowest BCUT2D eigenvalue weighted by atomic mass is 10.0. The van der Waals surface area contributed by atoms with Crippen molar-refractivity contribution < 1.29 is 4.39 Å². The zero-order valence-corrected chi connectivity index (χ0v) is 11.8. The molecule has 1 nitrogen and oxygen atoms in total. The molecule has 0 N–H and O–H groups in total. The number of hydrogen-bond donors (Lipinski definition) is 0. The molecule has 3 rings (SSSR count). The van der Waals surface area contributed by atoms with Crippen molar-refractivity contribution in [2.45, 2.75) is 12.8 Å². The van der Waals surface area contributed by atoms with E-state index in [0.29, 0.717) is 11.4 Å². The number of nitrogens with zero attached hydrogens (tertiary/aromatic N) is 1. The Hall–Kier alpha value is -1.93. The summed E-state index contributed by atoms with van der Waals surface area (Å²) in [5.74, 6) is 0.195. The SMILES string of the molecule is Cc1cc2cccc(F)c2nc1-c1ccc(CCl)cc1. The first-order chi connectivity index (χ1) is 9.69. The third-order valence-corrected chi connectivity index (χ3v) is 3.68. The summed E-state index contributed by atoms with van der Waals surface area (Å²) in [6.07, 6.45) is 0. The van der Waals surface area contributed by atoms with E-state index in [-0.39, 0.29) is 5.82 Å². The van der Waals surface area contributed by atoms with Crippen LogP contribution in [0.2, 0.25) is 0 Å². The normalized spacial score (nSPS) is 10.9. The molecular weight excluding hydrogens is 273 g/mol. The Bertz CT molecular complexity index is 766. The largest absolute Gasteiger partial charge is 0.244 e. The van der Waals surface area contributed by atoms with Crippen molar-refractivity contribution in [1.29, 1.82) is 0 Å². The fourth-order valence-corrected chi connectivity index (χ4v) is 2.49. The monoisotopic (exact) mass is 285 g/mol. The van der Waals surface area contributed by atoms with Crippen LogP contribution < -0.4 is 0 Å². The van der Waals surface area contributed by atoms with Gasteiger partial charge in [0.1, 0.15) is 11.3 Å². The molecule has 20 heavy (non-hydrogen) atoms. The molecule has 100 valence electrons. The summed E-state index contributed by atoms with van der Waals surface area (Å²) >= 11 is 5.79. The van der Waals surface area contributed by atoms with Gasteiger partial charge in [0.05, 0.1) is 5.69 Å². The van der Waals surface area contributed by atoms with Crippen LogP contribution in [-0.4, -0.2) is 4.98 Å². The first-order valence-corrected chi connectivity index (χ1v) is 6.93. The number of alkyl halides is 1. The van der Waals surface area contributed by atoms with Crippen molar-refractivity contribution in [3.63, 3.8) is 0 Å². The molecule has 0 saturated heterocycles. The number of aryl methyl sites for hydroxylation is 1. The number of halogens is 2. The molecular formula is C17H13ClFN. The van der Waals surface area contributed by atoms with Gasteiger partial charge in [-0.25, -0.2) is 9.37 Å². The van der Waals surface area contributed by atoms with E-state index in [1.165, 1.54) is 6.07 Å². The minimum atomic E-state index is -0.291. The van der Waals surface area contributed by atoms with Gasteiger partial charge in [-0.2, -0.15) is 0 Å². The molecule has 3 heteroatoms. The van der Waals surface area contributed by atoms with Gasteiger partial charge in [-0.05, 0) is 30.2 Å². The van der Waals surface area contributed by atoms with Crippen molar-refractivity contribution in [2.24, 2.45) is 0 Å². The molecule has 0 unspecified atom stereocenters. The Morgan fingerprint density at radius 2 is 1.85 bits per heavy atom. The highest BCUT2D eigenvalue weighted by Gasteiger charge is 2.09. The fourth-order valence-electron chi connectivity index (χ4n) is 2.31. The minimum Gasteiger partial charge on any atom is -0.244 e. The Balaban J connectivity index is 2.19. The lowest BCUT2D eigenvalue weighted by molar-refractivity contribution is 0.637. The Morgan fingerprint density at radius 1 is 1.10 bits per heavy atom. The zero-order chi connectivity index (χ0) is 14.1. The summed E-state index contributed by atoms with van der Waals surface area (Å²) in [5.41, 5.74) is 4.28. The number of fused-ring (bicyclic) bond motifs is 1. The third-order valence-electron chi connectivity index (χ3n) is 3.37. The van der Waals surface area contributed by atoms with Gasteiger partial charge >= 0.3 is 0 Å². The lowest BCUT2D eigenvalue weighted by Gasteiger charge is -2.08. The number of aromatic nitrogens is 1. The molecule has 1 heterocycles. The van der Waals surface area contributed by atoms with E-state index in [1.807, 2.05) is 43.3 Å². The van der Waals surface area contributed by atoms with Gasteiger partial charge in [0, 0.05) is 16.8 Å². The highest BCUT2D eigenvalue weighted by atomic mass is 35.5. The summed E-state index contributed by atoms with van der Waals surface area (Å²) in [6.45, 7) is 1.99. The van der Waals surface area contributed by atoms with E-state index in [2.05, 4.69) is 4.98 Å². The average Bonchev–Trinajstić information content (AvgIpc) is 2.47. The van der Waals surface area contributed by atoms with Gasteiger partial charge in [0.15, 0.2) is 0 Å². The van der Waals surface area contributed by atoms with Gasteiger partial charge in [-0.1, -0.05) is 36.4 Å². The summed E-state index contributed by atoms with van der Waals surface area (Å²) in [4.78, 5) is 4.49. The van der Waals surface area contributed by atoms with Crippen LogP contribution in [0.4, 0.5) is 4.39 Å². The topological polar surface area (TPSA) is 12.9 Å². The Morgan fingerprint density at radius 3 is 2.55 bits per heavy atom. The molecule has 0 atom stereocenters. The van der Waals surface area contributed by atoms with Crippen LogP contribution in [0.1, 0.15) is 11.1 Å². The second kappa shape index (κ2) is 5.22. The van der Waals surface area contributed by atoms with Gasteiger partial charge in [-0.15, -0.1) is 11.6 Å². The molecule has 2 aromatic carbocycles. The van der Waals surface area contributed by atoms with Crippen molar-refractivity contribution in [2.75, 3.05) is 0 Å². The number of benzene rings is 2. The van der Waals surface area contributed by atoms with Gasteiger partial charge in [0.2, 0.25) is 0 Å². The molecule has 3 aromatic rings. The van der Waals surface area contributed by atoms with Crippen LogP contribution in [0.25, 0.3) is 22.2 Å². The maximum absolute atomic E-state index is 13.9. The Kier molecular flexibility index (Phi) is 3.41. The summed E-state index contributed by atoms with van der Waals surface area (Å²) in [5, 5.41) is 0.823. The van der Waals surface area contributed by atoms with Crippen LogP contribution in [-0.2, 0) is 5.88 Å². The third kappa shape index (κ3) is 2.27. The molecule has 1 aromatic heterocycles. The molecule has 0 radical (unpaired) electrons. The number of para-hydroxylation sites is 1. The maximum Gasteiger partial charge on any atom is 0.149 e. The van der Waals surface area contributed by atoms with E-state index in [9.17, 15) is 4.39 Å². The van der Waals surface area contributed by atoms with Crippen LogP contribution in [0.15, 0.2) is 48.5 Å². The van der Waals surface area contributed by atoms with Gasteiger partial charge in [0.25, 0.3) is 0 Å². The zero-order valence-electron chi connectivity index (χ0n) is 11.0. The van der Waals surface area contributed by atoms with E-state index in [4.69, 9.17) is 11.6 Å². The highest BCUT2D eigenvalue weighted by Crippen LogP contribution is 2.26. The lowest BCUT2D eigenvalue weighted by Crippen LogP contribution is -1.92. The number of pyridine rings is 1. The molecule has 0 fully saturated rings. The standard InChI is InChI=1S/C17H13ClFN/c1-11-9-14-3-2-4-15(19)17(14)20-16(11)13-7-5-12(10-18)6-8-13/h2-9H,10H2,1H3. The minimum absolute atomic E-state index is 0.291. The Labute approximate surface area is 122 Å². The van der Waals surface area contributed by atoms with E-state index >= 15 is 0 Å². The van der Waals surface area contributed by atoms with Crippen molar-refractivity contribution in [1.82, 2.24) is 4.98 Å².